The number of hydrogen-bond donors (Lipinski definition) is 1. The third-order valence-corrected chi connectivity index (χ3v) is 3.38. The van der Waals surface area contributed by atoms with Gasteiger partial charge in [-0.1, -0.05) is 18.2 Å². The van der Waals surface area contributed by atoms with Gasteiger partial charge >= 0.3 is 5.97 Å². The standard InChI is InChI=1S/C19H14FNO4/c20-17-4-2-1-3-14(17)12-24-15-6-8-16(9-7-15)25-18-10-5-13(11-21-18)19(22)23/h1-11H,12H2,(H,22,23). The van der Waals surface area contributed by atoms with E-state index in [4.69, 9.17) is 14.6 Å². The van der Waals surface area contributed by atoms with Crippen LogP contribution in [0.2, 0.25) is 0 Å². The molecule has 1 heterocycles. The van der Waals surface area contributed by atoms with Crippen molar-refractivity contribution >= 4 is 5.97 Å². The number of pyridine rings is 1. The van der Waals surface area contributed by atoms with Gasteiger partial charge in [0.1, 0.15) is 23.9 Å². The summed E-state index contributed by atoms with van der Waals surface area (Å²) in [5.74, 6) is 0.0253. The Labute approximate surface area is 143 Å². The summed E-state index contributed by atoms with van der Waals surface area (Å²) in [5.41, 5.74) is 0.565. The minimum atomic E-state index is -1.05. The van der Waals surface area contributed by atoms with E-state index >= 15 is 0 Å². The van der Waals surface area contributed by atoms with Gasteiger partial charge in [0, 0.05) is 17.8 Å². The van der Waals surface area contributed by atoms with Crippen LogP contribution in [0, 0.1) is 5.82 Å². The summed E-state index contributed by atoms with van der Waals surface area (Å²) < 4.78 is 24.6. The van der Waals surface area contributed by atoms with Gasteiger partial charge in [-0.05, 0) is 36.4 Å². The van der Waals surface area contributed by atoms with Crippen molar-refractivity contribution in [2.45, 2.75) is 6.61 Å². The lowest BCUT2D eigenvalue weighted by atomic mass is 10.2. The number of rotatable bonds is 6. The maximum Gasteiger partial charge on any atom is 0.337 e. The third-order valence-electron chi connectivity index (χ3n) is 3.38. The van der Waals surface area contributed by atoms with Gasteiger partial charge in [0.05, 0.1) is 5.56 Å². The second-order valence-electron chi connectivity index (χ2n) is 5.14. The van der Waals surface area contributed by atoms with Crippen molar-refractivity contribution in [3.63, 3.8) is 0 Å². The molecule has 0 amide bonds. The van der Waals surface area contributed by atoms with E-state index in [1.165, 1.54) is 24.4 Å². The van der Waals surface area contributed by atoms with Crippen LogP contribution in [0.4, 0.5) is 4.39 Å². The van der Waals surface area contributed by atoms with E-state index in [-0.39, 0.29) is 23.9 Å². The van der Waals surface area contributed by atoms with Crippen molar-refractivity contribution in [1.82, 2.24) is 4.98 Å². The van der Waals surface area contributed by atoms with E-state index in [9.17, 15) is 9.18 Å². The maximum atomic E-state index is 13.5. The molecule has 126 valence electrons. The number of carboxylic acid groups (broad SMARTS) is 1. The fourth-order valence-corrected chi connectivity index (χ4v) is 2.07. The molecule has 3 aromatic rings. The zero-order chi connectivity index (χ0) is 17.6. The van der Waals surface area contributed by atoms with Gasteiger partial charge in [-0.3, -0.25) is 0 Å². The zero-order valence-electron chi connectivity index (χ0n) is 13.1. The van der Waals surface area contributed by atoms with Crippen LogP contribution in [0.15, 0.2) is 66.9 Å². The van der Waals surface area contributed by atoms with E-state index < -0.39 is 5.97 Å². The highest BCUT2D eigenvalue weighted by Gasteiger charge is 2.05. The van der Waals surface area contributed by atoms with Crippen LogP contribution in [0.3, 0.4) is 0 Å². The summed E-state index contributed by atoms with van der Waals surface area (Å²) in [7, 11) is 0. The van der Waals surface area contributed by atoms with Gasteiger partial charge in [-0.25, -0.2) is 14.2 Å². The van der Waals surface area contributed by atoms with Gasteiger partial charge in [-0.2, -0.15) is 0 Å². The Balaban J connectivity index is 1.60. The Morgan fingerprint density at radius 1 is 1.00 bits per heavy atom. The van der Waals surface area contributed by atoms with Crippen LogP contribution in [0.5, 0.6) is 17.4 Å². The van der Waals surface area contributed by atoms with Crippen LogP contribution < -0.4 is 9.47 Å². The summed E-state index contributed by atoms with van der Waals surface area (Å²) in [4.78, 5) is 14.7. The van der Waals surface area contributed by atoms with Crippen molar-refractivity contribution < 1.29 is 23.8 Å². The normalized spacial score (nSPS) is 10.3. The maximum absolute atomic E-state index is 13.5. The Hall–Kier alpha value is -3.41. The van der Waals surface area contributed by atoms with Gasteiger partial charge in [0.15, 0.2) is 0 Å². The molecular formula is C19H14FNO4. The first-order valence-corrected chi connectivity index (χ1v) is 7.45. The summed E-state index contributed by atoms with van der Waals surface area (Å²) in [6, 6.07) is 16.1. The summed E-state index contributed by atoms with van der Waals surface area (Å²) in [6.45, 7) is 0.130. The molecule has 0 spiro atoms. The van der Waals surface area contributed by atoms with Crippen molar-refractivity contribution in [2.75, 3.05) is 0 Å². The average molecular weight is 339 g/mol. The number of benzene rings is 2. The fourth-order valence-electron chi connectivity index (χ4n) is 2.07. The first-order chi connectivity index (χ1) is 12.1. The lowest BCUT2D eigenvalue weighted by molar-refractivity contribution is 0.0696. The van der Waals surface area contributed by atoms with Gasteiger partial charge < -0.3 is 14.6 Å². The second-order valence-corrected chi connectivity index (χ2v) is 5.14. The van der Waals surface area contributed by atoms with Gasteiger partial charge in [0.2, 0.25) is 5.88 Å². The van der Waals surface area contributed by atoms with E-state index in [2.05, 4.69) is 4.98 Å². The monoisotopic (exact) mass is 339 g/mol. The van der Waals surface area contributed by atoms with E-state index in [1.807, 2.05) is 0 Å². The molecule has 0 aliphatic rings. The molecule has 5 nitrogen and oxygen atoms in total. The highest BCUT2D eigenvalue weighted by molar-refractivity contribution is 5.87. The molecular weight excluding hydrogens is 325 g/mol. The van der Waals surface area contributed by atoms with E-state index in [1.54, 1.807) is 42.5 Å². The minimum absolute atomic E-state index is 0.0873. The van der Waals surface area contributed by atoms with Crippen LogP contribution in [0.1, 0.15) is 15.9 Å². The molecule has 0 atom stereocenters. The molecule has 0 aliphatic heterocycles. The number of carbonyl (C=O) groups is 1. The van der Waals surface area contributed by atoms with Crippen LogP contribution in [0.25, 0.3) is 0 Å². The molecule has 6 heteroatoms. The first kappa shape index (κ1) is 16.4. The second kappa shape index (κ2) is 7.44. The molecule has 1 N–H and O–H groups in total. The quantitative estimate of drug-likeness (QED) is 0.725. The van der Waals surface area contributed by atoms with Crippen molar-refractivity contribution in [3.8, 4) is 17.4 Å². The van der Waals surface area contributed by atoms with Crippen LogP contribution >= 0.6 is 0 Å². The molecule has 2 aromatic carbocycles. The highest BCUT2D eigenvalue weighted by Crippen LogP contribution is 2.23. The number of aromatic nitrogens is 1. The molecule has 0 aliphatic carbocycles. The van der Waals surface area contributed by atoms with E-state index in [0.717, 1.165) is 0 Å². The molecule has 0 fully saturated rings. The fraction of sp³-hybridized carbons (Fsp3) is 0.0526. The number of carboxylic acids is 1. The lowest BCUT2D eigenvalue weighted by Gasteiger charge is -2.09. The molecule has 0 bridgehead atoms. The van der Waals surface area contributed by atoms with Gasteiger partial charge in [-0.15, -0.1) is 0 Å². The molecule has 0 radical (unpaired) electrons. The minimum Gasteiger partial charge on any atom is -0.489 e. The van der Waals surface area contributed by atoms with Crippen molar-refractivity contribution in [1.29, 1.82) is 0 Å². The smallest absolute Gasteiger partial charge is 0.337 e. The largest absolute Gasteiger partial charge is 0.489 e. The number of ether oxygens (including phenoxy) is 2. The Morgan fingerprint density at radius 2 is 1.72 bits per heavy atom. The predicted octanol–water partition coefficient (Wildman–Crippen LogP) is 4.29. The molecule has 0 saturated carbocycles. The lowest BCUT2D eigenvalue weighted by Crippen LogP contribution is -1.98. The number of hydrogen-bond acceptors (Lipinski definition) is 4. The molecule has 3 rings (SSSR count). The number of aromatic carboxylic acids is 1. The SMILES string of the molecule is O=C(O)c1ccc(Oc2ccc(OCc3ccccc3F)cc2)nc1. The Bertz CT molecular complexity index is 863. The molecule has 25 heavy (non-hydrogen) atoms. The first-order valence-electron chi connectivity index (χ1n) is 7.45. The number of nitrogens with zero attached hydrogens (tertiary/aromatic N) is 1. The van der Waals surface area contributed by atoms with Crippen molar-refractivity contribution in [3.05, 3.63) is 83.8 Å². The Morgan fingerprint density at radius 3 is 2.36 bits per heavy atom. The summed E-state index contributed by atoms with van der Waals surface area (Å²) in [5, 5.41) is 8.83. The predicted molar refractivity (Wildman–Crippen MR) is 88.4 cm³/mol. The van der Waals surface area contributed by atoms with Crippen LogP contribution in [-0.4, -0.2) is 16.1 Å². The zero-order valence-corrected chi connectivity index (χ0v) is 13.1. The topological polar surface area (TPSA) is 68.7 Å². The number of halogens is 1. The van der Waals surface area contributed by atoms with Crippen molar-refractivity contribution in [2.24, 2.45) is 0 Å². The molecule has 1 aromatic heterocycles. The van der Waals surface area contributed by atoms with Crippen LogP contribution in [-0.2, 0) is 6.61 Å². The Kier molecular flexibility index (Phi) is 4.89. The van der Waals surface area contributed by atoms with Gasteiger partial charge in [0.25, 0.3) is 0 Å². The third kappa shape index (κ3) is 4.32. The molecule has 0 saturated heterocycles. The summed E-state index contributed by atoms with van der Waals surface area (Å²) >= 11 is 0. The molecule has 0 unspecified atom stereocenters. The summed E-state index contributed by atoms with van der Waals surface area (Å²) in [6.07, 6.45) is 1.23. The average Bonchev–Trinajstić information content (AvgIpc) is 2.63. The van der Waals surface area contributed by atoms with E-state index in [0.29, 0.717) is 17.1 Å². The highest BCUT2D eigenvalue weighted by atomic mass is 19.1.